The first-order valence-corrected chi connectivity index (χ1v) is 10.4. The molecule has 1 atom stereocenters. The van der Waals surface area contributed by atoms with Gasteiger partial charge in [-0.2, -0.15) is 0 Å². The molecule has 2 aromatic carbocycles. The van der Waals surface area contributed by atoms with Crippen LogP contribution in [0, 0.1) is 10.1 Å². The van der Waals surface area contributed by atoms with Gasteiger partial charge in [0.1, 0.15) is 6.04 Å². The fourth-order valence-corrected chi connectivity index (χ4v) is 3.76. The highest BCUT2D eigenvalue weighted by atomic mass is 35.5. The number of carbonyl (C=O) groups is 2. The van der Waals surface area contributed by atoms with E-state index in [-0.39, 0.29) is 29.8 Å². The highest BCUT2D eigenvalue weighted by Gasteiger charge is 2.25. The van der Waals surface area contributed by atoms with Crippen molar-refractivity contribution in [2.75, 3.05) is 12.8 Å². The Hall–Kier alpha value is -2.58. The molecule has 0 aromatic heterocycles. The summed E-state index contributed by atoms with van der Waals surface area (Å²) >= 11 is 7.42. The van der Waals surface area contributed by atoms with E-state index in [4.69, 9.17) is 11.6 Å². The zero-order chi connectivity index (χ0) is 21.4. The van der Waals surface area contributed by atoms with Crippen molar-refractivity contribution in [3.05, 3.63) is 74.8 Å². The van der Waals surface area contributed by atoms with Crippen LogP contribution in [-0.4, -0.2) is 40.5 Å². The predicted molar refractivity (Wildman–Crippen MR) is 115 cm³/mol. The van der Waals surface area contributed by atoms with Crippen LogP contribution in [0.5, 0.6) is 0 Å². The normalized spacial score (nSPS) is 11.6. The Morgan fingerprint density at radius 2 is 1.90 bits per heavy atom. The molecule has 2 aromatic rings. The molecular weight excluding hydrogens is 414 g/mol. The van der Waals surface area contributed by atoms with Gasteiger partial charge in [0.25, 0.3) is 5.69 Å². The van der Waals surface area contributed by atoms with Gasteiger partial charge in [-0.3, -0.25) is 19.7 Å². The molecule has 0 aliphatic carbocycles. The Bertz CT molecular complexity index is 876. The molecule has 0 aliphatic rings. The lowest BCUT2D eigenvalue weighted by Crippen LogP contribution is -2.47. The van der Waals surface area contributed by atoms with Crippen molar-refractivity contribution in [2.45, 2.75) is 25.3 Å². The highest BCUT2D eigenvalue weighted by Crippen LogP contribution is 2.19. The largest absolute Gasteiger partial charge is 0.357 e. The Labute approximate surface area is 178 Å². The topological polar surface area (TPSA) is 92.6 Å². The number of hydrogen-bond donors (Lipinski definition) is 1. The summed E-state index contributed by atoms with van der Waals surface area (Å²) in [5.74, 6) is 0.288. The summed E-state index contributed by atoms with van der Waals surface area (Å²) < 4.78 is 0. The zero-order valence-corrected chi connectivity index (χ0v) is 17.7. The molecule has 154 valence electrons. The molecule has 0 aliphatic heterocycles. The second kappa shape index (κ2) is 10.8. The number of rotatable bonds is 9. The molecule has 0 radical (unpaired) electrons. The minimum absolute atomic E-state index is 0.0296. The number of non-ortho nitro benzene ring substituents is 1. The van der Waals surface area contributed by atoms with Crippen LogP contribution in [0.3, 0.4) is 0 Å². The van der Waals surface area contributed by atoms with Crippen LogP contribution < -0.4 is 5.32 Å². The third kappa shape index (κ3) is 6.76. The average molecular weight is 436 g/mol. The molecular formula is C20H22ClN3O4S. The number of benzene rings is 2. The molecule has 2 rings (SSSR count). The van der Waals surface area contributed by atoms with Crippen LogP contribution in [0.15, 0.2) is 48.5 Å². The highest BCUT2D eigenvalue weighted by molar-refractivity contribution is 7.99. The number of thioether (sulfide) groups is 1. The van der Waals surface area contributed by atoms with Crippen LogP contribution in [0.2, 0.25) is 5.02 Å². The molecule has 29 heavy (non-hydrogen) atoms. The molecule has 0 bridgehead atoms. The van der Waals surface area contributed by atoms with Gasteiger partial charge < -0.3 is 10.2 Å². The van der Waals surface area contributed by atoms with Gasteiger partial charge >= 0.3 is 0 Å². The Morgan fingerprint density at radius 1 is 1.21 bits per heavy atom. The number of halogens is 1. The summed E-state index contributed by atoms with van der Waals surface area (Å²) in [7, 11) is 1.53. The van der Waals surface area contributed by atoms with Crippen LogP contribution in [-0.2, 0) is 21.9 Å². The van der Waals surface area contributed by atoms with E-state index in [2.05, 4.69) is 5.32 Å². The van der Waals surface area contributed by atoms with Gasteiger partial charge in [-0.25, -0.2) is 0 Å². The first kappa shape index (κ1) is 22.7. The summed E-state index contributed by atoms with van der Waals surface area (Å²) in [6, 6.07) is 12.8. The molecule has 1 N–H and O–H groups in total. The van der Waals surface area contributed by atoms with E-state index >= 15 is 0 Å². The van der Waals surface area contributed by atoms with Gasteiger partial charge in [0.2, 0.25) is 11.8 Å². The van der Waals surface area contributed by atoms with Gasteiger partial charge in [0.15, 0.2) is 0 Å². The Morgan fingerprint density at radius 3 is 2.48 bits per heavy atom. The fraction of sp³-hybridized carbons (Fsp3) is 0.300. The van der Waals surface area contributed by atoms with E-state index in [0.29, 0.717) is 10.8 Å². The summed E-state index contributed by atoms with van der Waals surface area (Å²) in [4.78, 5) is 36.7. The number of hydrogen-bond acceptors (Lipinski definition) is 5. The van der Waals surface area contributed by atoms with E-state index in [1.807, 2.05) is 6.07 Å². The number of nitrogens with zero attached hydrogens (tertiary/aromatic N) is 2. The molecule has 0 unspecified atom stereocenters. The monoisotopic (exact) mass is 435 g/mol. The van der Waals surface area contributed by atoms with Crippen molar-refractivity contribution in [1.82, 2.24) is 10.2 Å². The zero-order valence-electron chi connectivity index (χ0n) is 16.1. The van der Waals surface area contributed by atoms with Crippen molar-refractivity contribution >= 4 is 40.9 Å². The van der Waals surface area contributed by atoms with Crippen molar-refractivity contribution in [1.29, 1.82) is 0 Å². The van der Waals surface area contributed by atoms with Crippen LogP contribution in [0.25, 0.3) is 0 Å². The second-order valence-corrected chi connectivity index (χ2v) is 7.78. The van der Waals surface area contributed by atoms with Crippen molar-refractivity contribution in [3.8, 4) is 0 Å². The number of carbonyl (C=O) groups excluding carboxylic acids is 2. The standard InChI is InChI=1S/C20H22ClN3O4S/c1-14(20(26)22-2)23(11-16-4-3-5-17(21)10-16)19(25)13-29-12-15-6-8-18(9-7-15)24(27)28/h3-10,14H,11-13H2,1-2H3,(H,22,26)/t14-/m0/s1. The smallest absolute Gasteiger partial charge is 0.269 e. The molecule has 0 heterocycles. The minimum Gasteiger partial charge on any atom is -0.357 e. The minimum atomic E-state index is -0.633. The molecule has 0 spiro atoms. The maximum absolute atomic E-state index is 12.8. The number of nitro benzene ring substituents is 1. The number of amides is 2. The number of nitrogens with one attached hydrogen (secondary N) is 1. The summed E-state index contributed by atoms with van der Waals surface area (Å²) in [5, 5.41) is 13.9. The van der Waals surface area contributed by atoms with Crippen molar-refractivity contribution in [3.63, 3.8) is 0 Å². The second-order valence-electron chi connectivity index (χ2n) is 6.36. The van der Waals surface area contributed by atoms with E-state index in [1.54, 1.807) is 37.3 Å². The lowest BCUT2D eigenvalue weighted by molar-refractivity contribution is -0.384. The van der Waals surface area contributed by atoms with Gasteiger partial charge in [-0.15, -0.1) is 11.8 Å². The first-order chi connectivity index (χ1) is 13.8. The van der Waals surface area contributed by atoms with E-state index in [0.717, 1.165) is 11.1 Å². The van der Waals surface area contributed by atoms with Crippen LogP contribution in [0.4, 0.5) is 5.69 Å². The molecule has 0 saturated carbocycles. The molecule has 0 fully saturated rings. The van der Waals surface area contributed by atoms with Gasteiger partial charge in [-0.05, 0) is 30.2 Å². The van der Waals surface area contributed by atoms with Gasteiger partial charge in [-0.1, -0.05) is 35.9 Å². The third-order valence-corrected chi connectivity index (χ3v) is 5.52. The summed E-state index contributed by atoms with van der Waals surface area (Å²) in [6.07, 6.45) is 0. The maximum atomic E-state index is 12.8. The molecule has 9 heteroatoms. The molecule has 7 nitrogen and oxygen atoms in total. The Kier molecular flexibility index (Phi) is 8.48. The van der Waals surface area contributed by atoms with E-state index in [9.17, 15) is 19.7 Å². The van der Waals surface area contributed by atoms with Crippen LogP contribution >= 0.6 is 23.4 Å². The van der Waals surface area contributed by atoms with E-state index < -0.39 is 11.0 Å². The van der Waals surface area contributed by atoms with Crippen LogP contribution in [0.1, 0.15) is 18.1 Å². The first-order valence-electron chi connectivity index (χ1n) is 8.88. The van der Waals surface area contributed by atoms with Gasteiger partial charge in [0, 0.05) is 36.5 Å². The predicted octanol–water partition coefficient (Wildman–Crippen LogP) is 3.64. The van der Waals surface area contributed by atoms with Crippen molar-refractivity contribution in [2.24, 2.45) is 0 Å². The number of nitro groups is 1. The van der Waals surface area contributed by atoms with Gasteiger partial charge in [0.05, 0.1) is 10.7 Å². The molecule has 2 amide bonds. The fourth-order valence-electron chi connectivity index (χ4n) is 2.68. The maximum Gasteiger partial charge on any atom is 0.269 e. The third-order valence-electron chi connectivity index (χ3n) is 4.30. The average Bonchev–Trinajstić information content (AvgIpc) is 2.71. The van der Waals surface area contributed by atoms with Crippen molar-refractivity contribution < 1.29 is 14.5 Å². The SMILES string of the molecule is CNC(=O)[C@H](C)N(Cc1cccc(Cl)c1)C(=O)CSCc1ccc([N+](=O)[O-])cc1. The summed E-state index contributed by atoms with van der Waals surface area (Å²) in [5.41, 5.74) is 1.75. The van der Waals surface area contributed by atoms with E-state index in [1.165, 1.54) is 35.8 Å². The lowest BCUT2D eigenvalue weighted by Gasteiger charge is -2.28. The quantitative estimate of drug-likeness (QED) is 0.479. The number of likely N-dealkylation sites (N-methyl/N-ethyl adjacent to an activating group) is 1. The Balaban J connectivity index is 2.02. The molecule has 0 saturated heterocycles. The summed E-state index contributed by atoms with van der Waals surface area (Å²) in [6.45, 7) is 1.95. The lowest BCUT2D eigenvalue weighted by atomic mass is 10.1.